The van der Waals surface area contributed by atoms with E-state index in [1.165, 1.54) is 0 Å². The normalized spacial score (nSPS) is 18.8. The number of rotatable bonds is 1. The van der Waals surface area contributed by atoms with Crippen molar-refractivity contribution < 1.29 is 19.0 Å². The van der Waals surface area contributed by atoms with E-state index in [-0.39, 0.29) is 11.9 Å². The Kier molecular flexibility index (Phi) is 3.29. The Bertz CT molecular complexity index is 762. The van der Waals surface area contributed by atoms with Crippen LogP contribution in [-0.4, -0.2) is 36.8 Å². The third kappa shape index (κ3) is 2.36. The number of amides is 1. The number of hydrogen-bond acceptors (Lipinski definition) is 5. The van der Waals surface area contributed by atoms with Crippen LogP contribution in [0.3, 0.4) is 0 Å². The maximum absolute atomic E-state index is 13.0. The number of pyridine rings is 1. The van der Waals surface area contributed by atoms with E-state index in [0.717, 1.165) is 5.69 Å². The highest BCUT2D eigenvalue weighted by molar-refractivity contribution is 6.06. The monoisotopic (exact) mass is 312 g/mol. The predicted molar refractivity (Wildman–Crippen MR) is 83.4 cm³/mol. The second-order valence-corrected chi connectivity index (χ2v) is 5.52. The summed E-state index contributed by atoms with van der Waals surface area (Å²) in [7, 11) is 0. The lowest BCUT2D eigenvalue weighted by atomic mass is 10.1. The van der Waals surface area contributed by atoms with Gasteiger partial charge >= 0.3 is 0 Å². The molecule has 6 heteroatoms. The lowest BCUT2D eigenvalue weighted by Crippen LogP contribution is -2.45. The minimum atomic E-state index is -0.176. The van der Waals surface area contributed by atoms with Crippen LogP contribution in [0.25, 0.3) is 0 Å². The van der Waals surface area contributed by atoms with Gasteiger partial charge in [0.15, 0.2) is 11.5 Å². The van der Waals surface area contributed by atoms with Gasteiger partial charge in [0.2, 0.25) is 0 Å². The summed E-state index contributed by atoms with van der Waals surface area (Å²) in [6.07, 6.45) is 1.54. The topological polar surface area (TPSA) is 60.9 Å². The van der Waals surface area contributed by atoms with Crippen LogP contribution in [0.1, 0.15) is 17.4 Å². The molecule has 1 aromatic heterocycles. The first-order chi connectivity index (χ1) is 11.2. The van der Waals surface area contributed by atoms with Crippen molar-refractivity contribution in [3.63, 3.8) is 0 Å². The molecule has 4 rings (SSSR count). The fourth-order valence-corrected chi connectivity index (χ4v) is 2.80. The second kappa shape index (κ2) is 5.46. The molecule has 118 valence electrons. The zero-order valence-electron chi connectivity index (χ0n) is 12.7. The molecular formula is C17H16N2O4. The first-order valence-electron chi connectivity index (χ1n) is 7.55. The molecule has 0 saturated heterocycles. The van der Waals surface area contributed by atoms with E-state index in [2.05, 4.69) is 4.98 Å². The van der Waals surface area contributed by atoms with Crippen molar-refractivity contribution >= 4 is 11.6 Å². The Hall–Kier alpha value is -2.76. The van der Waals surface area contributed by atoms with Gasteiger partial charge in [-0.3, -0.25) is 9.69 Å². The zero-order chi connectivity index (χ0) is 15.8. The molecule has 6 nitrogen and oxygen atoms in total. The van der Waals surface area contributed by atoms with E-state index in [1.807, 2.05) is 31.2 Å². The number of benzene rings is 1. The number of carbonyl (C=O) groups excluding carboxylic acids is 1. The highest BCUT2D eigenvalue weighted by Crippen LogP contribution is 2.35. The van der Waals surface area contributed by atoms with E-state index in [9.17, 15) is 4.79 Å². The highest BCUT2D eigenvalue weighted by Gasteiger charge is 2.31. The van der Waals surface area contributed by atoms with Gasteiger partial charge < -0.3 is 14.2 Å². The number of hydrogen-bond donors (Lipinski definition) is 0. The van der Waals surface area contributed by atoms with E-state index in [1.54, 1.807) is 17.2 Å². The van der Waals surface area contributed by atoms with Gasteiger partial charge in [0.1, 0.15) is 31.3 Å². The molecule has 0 fully saturated rings. The Balaban J connectivity index is 1.71. The van der Waals surface area contributed by atoms with Crippen molar-refractivity contribution in [2.24, 2.45) is 0 Å². The number of anilines is 1. The number of ether oxygens (including phenoxy) is 3. The second-order valence-electron chi connectivity index (χ2n) is 5.52. The summed E-state index contributed by atoms with van der Waals surface area (Å²) >= 11 is 0. The number of carbonyl (C=O) groups is 1. The molecule has 23 heavy (non-hydrogen) atoms. The van der Waals surface area contributed by atoms with Crippen LogP contribution in [-0.2, 0) is 0 Å². The molecule has 2 aliphatic rings. The quantitative estimate of drug-likeness (QED) is 0.808. The van der Waals surface area contributed by atoms with Crippen LogP contribution in [0.4, 0.5) is 5.69 Å². The third-order valence-corrected chi connectivity index (χ3v) is 3.91. The van der Waals surface area contributed by atoms with Crippen molar-refractivity contribution in [2.75, 3.05) is 24.7 Å². The standard InChI is InChI=1S/C17H16N2O4/c1-11-10-23-14-5-3-2-4-13(14)19(11)17(20)12-8-15-16(9-18-12)22-7-6-21-15/h2-5,8-9,11H,6-7,10H2,1H3. The SMILES string of the molecule is CC1COc2ccccc2N1C(=O)c1cc2c(cn1)OCCO2. The summed E-state index contributed by atoms with van der Waals surface area (Å²) in [4.78, 5) is 18.9. The maximum Gasteiger partial charge on any atom is 0.277 e. The fourth-order valence-electron chi connectivity index (χ4n) is 2.80. The van der Waals surface area contributed by atoms with Crippen molar-refractivity contribution in [1.29, 1.82) is 0 Å². The summed E-state index contributed by atoms with van der Waals surface area (Å²) in [5, 5.41) is 0. The fraction of sp³-hybridized carbons (Fsp3) is 0.294. The molecule has 3 heterocycles. The molecule has 0 bridgehead atoms. The Morgan fingerprint density at radius 3 is 2.78 bits per heavy atom. The third-order valence-electron chi connectivity index (χ3n) is 3.91. The smallest absolute Gasteiger partial charge is 0.277 e. The summed E-state index contributed by atoms with van der Waals surface area (Å²) < 4.78 is 16.7. The summed E-state index contributed by atoms with van der Waals surface area (Å²) in [5.41, 5.74) is 1.09. The van der Waals surface area contributed by atoms with E-state index >= 15 is 0 Å². The Morgan fingerprint density at radius 1 is 1.13 bits per heavy atom. The average molecular weight is 312 g/mol. The lowest BCUT2D eigenvalue weighted by molar-refractivity contribution is 0.0954. The highest BCUT2D eigenvalue weighted by atomic mass is 16.6. The Morgan fingerprint density at radius 2 is 1.91 bits per heavy atom. The molecule has 1 atom stereocenters. The summed E-state index contributed by atoms with van der Waals surface area (Å²) in [6, 6.07) is 9.08. The van der Waals surface area contributed by atoms with Crippen LogP contribution in [0, 0.1) is 0 Å². The van der Waals surface area contributed by atoms with Crippen LogP contribution < -0.4 is 19.1 Å². The largest absolute Gasteiger partial charge is 0.489 e. The Labute approximate surface area is 133 Å². The molecule has 2 aliphatic heterocycles. The zero-order valence-corrected chi connectivity index (χ0v) is 12.7. The molecule has 1 unspecified atom stereocenters. The molecule has 0 spiro atoms. The van der Waals surface area contributed by atoms with E-state index in [0.29, 0.717) is 42.8 Å². The van der Waals surface area contributed by atoms with Gasteiger partial charge in [0.05, 0.1) is 17.9 Å². The number of fused-ring (bicyclic) bond motifs is 2. The number of aromatic nitrogens is 1. The molecular weight excluding hydrogens is 296 g/mol. The predicted octanol–water partition coefficient (Wildman–Crippen LogP) is 2.28. The molecule has 0 N–H and O–H groups in total. The van der Waals surface area contributed by atoms with E-state index < -0.39 is 0 Å². The molecule has 0 saturated carbocycles. The minimum Gasteiger partial charge on any atom is -0.489 e. The van der Waals surface area contributed by atoms with Gasteiger partial charge in [-0.15, -0.1) is 0 Å². The number of nitrogens with zero attached hydrogens (tertiary/aromatic N) is 2. The van der Waals surface area contributed by atoms with Crippen LogP contribution in [0.2, 0.25) is 0 Å². The average Bonchev–Trinajstić information content (AvgIpc) is 2.60. The van der Waals surface area contributed by atoms with Gasteiger partial charge in [0.25, 0.3) is 5.91 Å². The first kappa shape index (κ1) is 13.9. The van der Waals surface area contributed by atoms with Crippen LogP contribution >= 0.6 is 0 Å². The molecule has 1 amide bonds. The van der Waals surface area contributed by atoms with Crippen molar-refractivity contribution in [3.8, 4) is 17.2 Å². The minimum absolute atomic E-state index is 0.0765. The maximum atomic E-state index is 13.0. The van der Waals surface area contributed by atoms with Gasteiger partial charge in [-0.2, -0.15) is 0 Å². The number of para-hydroxylation sites is 2. The van der Waals surface area contributed by atoms with Gasteiger partial charge in [-0.05, 0) is 19.1 Å². The summed E-state index contributed by atoms with van der Waals surface area (Å²) in [5.74, 6) is 1.66. The summed E-state index contributed by atoms with van der Waals surface area (Å²) in [6.45, 7) is 3.37. The van der Waals surface area contributed by atoms with Crippen molar-refractivity contribution in [2.45, 2.75) is 13.0 Å². The molecule has 0 radical (unpaired) electrons. The van der Waals surface area contributed by atoms with Gasteiger partial charge in [-0.25, -0.2) is 4.98 Å². The van der Waals surface area contributed by atoms with Crippen LogP contribution in [0.5, 0.6) is 17.2 Å². The van der Waals surface area contributed by atoms with Gasteiger partial charge in [0, 0.05) is 6.07 Å². The van der Waals surface area contributed by atoms with Crippen molar-refractivity contribution in [1.82, 2.24) is 4.98 Å². The molecule has 0 aliphatic carbocycles. The van der Waals surface area contributed by atoms with Crippen LogP contribution in [0.15, 0.2) is 36.5 Å². The molecule has 2 aromatic rings. The first-order valence-corrected chi connectivity index (χ1v) is 7.55. The lowest BCUT2D eigenvalue weighted by Gasteiger charge is -2.34. The van der Waals surface area contributed by atoms with Crippen molar-refractivity contribution in [3.05, 3.63) is 42.2 Å². The van der Waals surface area contributed by atoms with E-state index in [4.69, 9.17) is 14.2 Å². The molecule has 1 aromatic carbocycles. The van der Waals surface area contributed by atoms with Gasteiger partial charge in [-0.1, -0.05) is 12.1 Å².